The topological polar surface area (TPSA) is 52.7 Å². The fourth-order valence-corrected chi connectivity index (χ4v) is 7.04. The summed E-state index contributed by atoms with van der Waals surface area (Å²) in [5.74, 6) is -0.463. The molecule has 2 heterocycles. The van der Waals surface area contributed by atoms with Crippen LogP contribution in [0.25, 0.3) is 11.1 Å². The summed E-state index contributed by atoms with van der Waals surface area (Å²) in [5, 5.41) is 2.21. The Morgan fingerprint density at radius 2 is 1.44 bits per heavy atom. The highest BCUT2D eigenvalue weighted by molar-refractivity contribution is 6.00. The molecule has 0 spiro atoms. The number of piperidine rings is 1. The predicted octanol–water partition coefficient (Wildman–Crippen LogP) is 5.92. The van der Waals surface area contributed by atoms with Gasteiger partial charge in [0.2, 0.25) is 5.91 Å². The van der Waals surface area contributed by atoms with Gasteiger partial charge in [-0.05, 0) is 66.1 Å². The second-order valence-electron chi connectivity index (χ2n) is 11.4. The Morgan fingerprint density at radius 1 is 0.854 bits per heavy atom. The number of hydrogen-bond acceptors (Lipinski definition) is 3. The molecule has 1 fully saturated rings. The highest BCUT2D eigenvalue weighted by atomic mass is 19.4. The summed E-state index contributed by atoms with van der Waals surface area (Å²) in [6, 6.07) is 23.2. The molecule has 1 N–H and O–H groups in total. The van der Waals surface area contributed by atoms with Crippen molar-refractivity contribution in [1.29, 1.82) is 0 Å². The second-order valence-corrected chi connectivity index (χ2v) is 11.4. The lowest BCUT2D eigenvalue weighted by Crippen LogP contribution is -2.47. The van der Waals surface area contributed by atoms with Crippen LogP contribution in [0.15, 0.2) is 72.8 Å². The van der Waals surface area contributed by atoms with Crippen LogP contribution in [0.5, 0.6) is 0 Å². The van der Waals surface area contributed by atoms with Gasteiger partial charge in [-0.3, -0.25) is 9.59 Å². The molecule has 8 heteroatoms. The maximum Gasteiger partial charge on any atom is 0.405 e. The van der Waals surface area contributed by atoms with Gasteiger partial charge in [-0.15, -0.1) is 0 Å². The molecule has 0 aromatic heterocycles. The first kappa shape index (κ1) is 27.5. The molecule has 3 aromatic rings. The average molecular weight is 562 g/mol. The molecule has 2 aliphatic heterocycles. The van der Waals surface area contributed by atoms with Crippen molar-refractivity contribution < 1.29 is 22.8 Å². The highest BCUT2D eigenvalue weighted by Gasteiger charge is 2.49. The lowest BCUT2D eigenvalue weighted by molar-refractivity contribution is -0.141. The number of unbranched alkanes of at least 4 members (excludes halogenated alkanes) is 1. The minimum absolute atomic E-state index is 0.130. The molecule has 3 aromatic carbocycles. The first-order chi connectivity index (χ1) is 19.8. The zero-order chi connectivity index (χ0) is 28.6. The van der Waals surface area contributed by atoms with Gasteiger partial charge in [-0.2, -0.15) is 13.2 Å². The van der Waals surface area contributed by atoms with Crippen molar-refractivity contribution in [3.8, 4) is 11.1 Å². The molecule has 0 radical (unpaired) electrons. The summed E-state index contributed by atoms with van der Waals surface area (Å²) in [6.07, 6.45) is -0.682. The predicted molar refractivity (Wildman–Crippen MR) is 151 cm³/mol. The van der Waals surface area contributed by atoms with Gasteiger partial charge in [0.25, 0.3) is 5.91 Å². The Hall–Kier alpha value is -3.65. The summed E-state index contributed by atoms with van der Waals surface area (Å²) in [4.78, 5) is 31.0. The molecule has 41 heavy (non-hydrogen) atoms. The summed E-state index contributed by atoms with van der Waals surface area (Å²) < 4.78 is 39.3. The summed E-state index contributed by atoms with van der Waals surface area (Å²) >= 11 is 0. The fraction of sp³-hybridized carbons (Fsp3) is 0.394. The van der Waals surface area contributed by atoms with E-state index < -0.39 is 24.0 Å². The lowest BCUT2D eigenvalue weighted by Gasteiger charge is -2.37. The molecule has 1 saturated heterocycles. The zero-order valence-electron chi connectivity index (χ0n) is 22.9. The molecule has 2 amide bonds. The number of hydrogen-bond donors (Lipinski definition) is 1. The van der Waals surface area contributed by atoms with Gasteiger partial charge in [0.05, 0.1) is 0 Å². The minimum Gasteiger partial charge on any atom is -0.346 e. The fourth-order valence-electron chi connectivity index (χ4n) is 7.04. The third-order valence-electron chi connectivity index (χ3n) is 9.02. The van der Waals surface area contributed by atoms with Crippen LogP contribution >= 0.6 is 0 Å². The van der Waals surface area contributed by atoms with Gasteiger partial charge in [-0.25, -0.2) is 0 Å². The first-order valence-electron chi connectivity index (χ1n) is 14.4. The van der Waals surface area contributed by atoms with Crippen molar-refractivity contribution in [2.24, 2.45) is 0 Å². The Morgan fingerprint density at radius 3 is 2.05 bits per heavy atom. The van der Waals surface area contributed by atoms with Crippen molar-refractivity contribution in [2.75, 3.05) is 26.2 Å². The van der Waals surface area contributed by atoms with Gasteiger partial charge in [0.15, 0.2) is 0 Å². The number of benzene rings is 3. The number of carbonyl (C=O) groups is 2. The van der Waals surface area contributed by atoms with Crippen LogP contribution in [0.1, 0.15) is 59.2 Å². The van der Waals surface area contributed by atoms with E-state index in [4.69, 9.17) is 0 Å². The maximum absolute atomic E-state index is 13.7. The lowest BCUT2D eigenvalue weighted by atomic mass is 9.73. The number of rotatable bonds is 8. The SMILES string of the molecule is O=C1c2ccccc2CN1C1CCN(CCCCC2(C(=O)NCC(F)(F)F)c3ccccc3-c3ccccc32)CC1. The van der Waals surface area contributed by atoms with Gasteiger partial charge in [0, 0.05) is 31.2 Å². The maximum atomic E-state index is 13.7. The van der Waals surface area contributed by atoms with Gasteiger partial charge in [0.1, 0.15) is 12.0 Å². The van der Waals surface area contributed by atoms with Crippen molar-refractivity contribution in [1.82, 2.24) is 15.1 Å². The number of nitrogens with zero attached hydrogens (tertiary/aromatic N) is 2. The van der Waals surface area contributed by atoms with Gasteiger partial charge < -0.3 is 15.1 Å². The van der Waals surface area contributed by atoms with Crippen LogP contribution in [0, 0.1) is 0 Å². The zero-order valence-corrected chi connectivity index (χ0v) is 22.9. The van der Waals surface area contributed by atoms with E-state index in [0.29, 0.717) is 19.4 Å². The van der Waals surface area contributed by atoms with Crippen LogP contribution in [0.2, 0.25) is 0 Å². The molecule has 6 rings (SSSR count). The minimum atomic E-state index is -4.48. The summed E-state index contributed by atoms with van der Waals surface area (Å²) in [5.41, 5.74) is 4.13. The van der Waals surface area contributed by atoms with E-state index >= 15 is 0 Å². The van der Waals surface area contributed by atoms with E-state index in [1.807, 2.05) is 77.7 Å². The van der Waals surface area contributed by atoms with Crippen LogP contribution in [-0.4, -0.2) is 60.0 Å². The molecular weight excluding hydrogens is 527 g/mol. The number of nitrogens with one attached hydrogen (secondary N) is 1. The third kappa shape index (κ3) is 5.14. The molecule has 5 nitrogen and oxygen atoms in total. The van der Waals surface area contributed by atoms with Crippen molar-refractivity contribution in [3.63, 3.8) is 0 Å². The van der Waals surface area contributed by atoms with Crippen molar-refractivity contribution in [2.45, 2.75) is 56.3 Å². The first-order valence-corrected chi connectivity index (χ1v) is 14.4. The van der Waals surface area contributed by atoms with Crippen LogP contribution in [-0.2, 0) is 16.8 Å². The van der Waals surface area contributed by atoms with E-state index in [9.17, 15) is 22.8 Å². The van der Waals surface area contributed by atoms with Crippen LogP contribution in [0.3, 0.4) is 0 Å². The van der Waals surface area contributed by atoms with Gasteiger partial charge in [-0.1, -0.05) is 73.2 Å². The Bertz CT molecular complexity index is 1400. The van der Waals surface area contributed by atoms with E-state index in [1.165, 1.54) is 0 Å². The Kier molecular flexibility index (Phi) is 7.36. The number of fused-ring (bicyclic) bond motifs is 4. The van der Waals surface area contributed by atoms with Gasteiger partial charge >= 0.3 is 6.18 Å². The van der Waals surface area contributed by atoms with Crippen LogP contribution in [0.4, 0.5) is 13.2 Å². The van der Waals surface area contributed by atoms with E-state index in [1.54, 1.807) is 0 Å². The molecular formula is C33H34F3N3O2. The molecule has 0 atom stereocenters. The van der Waals surface area contributed by atoms with E-state index in [0.717, 1.165) is 72.3 Å². The summed E-state index contributed by atoms with van der Waals surface area (Å²) in [6.45, 7) is 1.98. The highest BCUT2D eigenvalue weighted by Crippen LogP contribution is 2.51. The number of amides is 2. The van der Waals surface area contributed by atoms with E-state index in [2.05, 4.69) is 10.2 Å². The quantitative estimate of drug-likeness (QED) is 0.348. The van der Waals surface area contributed by atoms with Crippen molar-refractivity contribution >= 4 is 11.8 Å². The van der Waals surface area contributed by atoms with Crippen molar-refractivity contribution in [3.05, 3.63) is 95.1 Å². The monoisotopic (exact) mass is 561 g/mol. The molecule has 0 saturated carbocycles. The average Bonchev–Trinajstić information content (AvgIpc) is 3.47. The Labute approximate surface area is 238 Å². The summed E-state index contributed by atoms with van der Waals surface area (Å²) in [7, 11) is 0. The smallest absolute Gasteiger partial charge is 0.346 e. The number of halogens is 3. The normalized spacial score (nSPS) is 18.2. The second kappa shape index (κ2) is 11.0. The van der Waals surface area contributed by atoms with E-state index in [-0.39, 0.29) is 11.9 Å². The number of likely N-dealkylation sites (tertiary alicyclic amines) is 1. The molecule has 1 aliphatic carbocycles. The molecule has 0 unspecified atom stereocenters. The molecule has 214 valence electrons. The number of alkyl halides is 3. The molecule has 0 bridgehead atoms. The number of carbonyl (C=O) groups excluding carboxylic acids is 2. The third-order valence-corrected chi connectivity index (χ3v) is 9.02. The largest absolute Gasteiger partial charge is 0.405 e. The Balaban J connectivity index is 1.10. The van der Waals surface area contributed by atoms with Crippen LogP contribution < -0.4 is 5.32 Å². The molecule has 3 aliphatic rings. The standard InChI is InChI=1S/C33H34F3N3O2/c34-33(35,36)22-37-31(41)32(28-13-5-3-11-26(28)27-12-4-6-14-29(27)32)17-7-8-18-38-19-15-24(16-20-38)39-21-23-9-1-2-10-25(23)30(39)40/h1-6,9-14,24H,7-8,15-22H2,(H,37,41).